The standard InChI is InChI=1S/C30H36N2O5S/c1-21-9-13-23(14-10-21)26-20-38-30(31-26)37-27(29(34)35-3)19-22-11-15-25(16-12-22)36-18-17-32(2)28(33)24-7-5-4-6-8-24/h9-16,20,24,27H,4-8,17-19H2,1-3H3/t27-/m0/s1. The molecule has 2 aromatic carbocycles. The first-order valence-corrected chi connectivity index (χ1v) is 14.0. The predicted octanol–water partition coefficient (Wildman–Crippen LogP) is 5.70. The second-order valence-electron chi connectivity index (χ2n) is 9.79. The van der Waals surface area contributed by atoms with Crippen molar-refractivity contribution < 1.29 is 23.8 Å². The minimum atomic E-state index is -0.816. The highest BCUT2D eigenvalue weighted by Crippen LogP contribution is 2.28. The van der Waals surface area contributed by atoms with E-state index in [1.165, 1.54) is 30.4 Å². The molecule has 0 saturated heterocycles. The van der Waals surface area contributed by atoms with Gasteiger partial charge >= 0.3 is 5.97 Å². The first-order chi connectivity index (χ1) is 18.4. The van der Waals surface area contributed by atoms with Crippen LogP contribution in [0.25, 0.3) is 11.3 Å². The van der Waals surface area contributed by atoms with Gasteiger partial charge in [-0.2, -0.15) is 0 Å². The van der Waals surface area contributed by atoms with Crippen molar-refractivity contribution >= 4 is 23.2 Å². The first-order valence-electron chi connectivity index (χ1n) is 13.2. The van der Waals surface area contributed by atoms with Crippen LogP contribution in [0.1, 0.15) is 43.2 Å². The van der Waals surface area contributed by atoms with Gasteiger partial charge in [-0.25, -0.2) is 9.78 Å². The number of amides is 1. The van der Waals surface area contributed by atoms with E-state index in [1.54, 1.807) is 4.90 Å². The normalized spacial score (nSPS) is 14.5. The summed E-state index contributed by atoms with van der Waals surface area (Å²) in [5, 5.41) is 2.34. The molecule has 0 spiro atoms. The molecule has 4 rings (SSSR count). The van der Waals surface area contributed by atoms with Gasteiger partial charge in [0.25, 0.3) is 5.19 Å². The van der Waals surface area contributed by atoms with Crippen molar-refractivity contribution in [3.63, 3.8) is 0 Å². The van der Waals surface area contributed by atoms with Gasteiger partial charge in [-0.15, -0.1) is 0 Å². The lowest BCUT2D eigenvalue weighted by Gasteiger charge is -2.26. The summed E-state index contributed by atoms with van der Waals surface area (Å²) >= 11 is 1.35. The average molecular weight is 537 g/mol. The molecule has 202 valence electrons. The van der Waals surface area contributed by atoms with Crippen molar-refractivity contribution in [1.29, 1.82) is 0 Å². The van der Waals surface area contributed by atoms with Gasteiger partial charge in [0.1, 0.15) is 12.4 Å². The molecule has 1 aliphatic rings. The summed E-state index contributed by atoms with van der Waals surface area (Å²) in [5.74, 6) is 0.647. The summed E-state index contributed by atoms with van der Waals surface area (Å²) in [6, 6.07) is 15.7. The molecule has 1 aliphatic carbocycles. The van der Waals surface area contributed by atoms with E-state index in [0.29, 0.717) is 30.5 Å². The number of carbonyl (C=O) groups is 2. The maximum atomic E-state index is 12.6. The second-order valence-corrected chi connectivity index (χ2v) is 10.6. The molecular formula is C30H36N2O5S. The van der Waals surface area contributed by atoms with Crippen LogP contribution in [-0.4, -0.2) is 55.2 Å². The third kappa shape index (κ3) is 7.57. The van der Waals surface area contributed by atoms with Crippen LogP contribution in [0.15, 0.2) is 53.9 Å². The van der Waals surface area contributed by atoms with Crippen molar-refractivity contribution in [2.45, 2.75) is 51.6 Å². The molecule has 1 heterocycles. The molecule has 7 nitrogen and oxygen atoms in total. The lowest BCUT2D eigenvalue weighted by molar-refractivity contribution is -0.148. The Balaban J connectivity index is 1.29. The number of hydrogen-bond acceptors (Lipinski definition) is 7. The summed E-state index contributed by atoms with van der Waals surface area (Å²) in [4.78, 5) is 31.4. The summed E-state index contributed by atoms with van der Waals surface area (Å²) in [6.45, 7) is 3.02. The number of hydrogen-bond donors (Lipinski definition) is 0. The Hall–Kier alpha value is -3.39. The van der Waals surface area contributed by atoms with Gasteiger partial charge in [0.05, 0.1) is 19.3 Å². The molecule has 1 amide bonds. The van der Waals surface area contributed by atoms with Gasteiger partial charge in [-0.05, 0) is 37.5 Å². The molecule has 3 aromatic rings. The summed E-state index contributed by atoms with van der Waals surface area (Å²) in [6.07, 6.45) is 5.05. The molecule has 0 N–H and O–H groups in total. The van der Waals surface area contributed by atoms with E-state index >= 15 is 0 Å². The number of ether oxygens (including phenoxy) is 3. The van der Waals surface area contributed by atoms with Gasteiger partial charge < -0.3 is 19.1 Å². The number of likely N-dealkylation sites (N-methyl/N-ethyl adjacent to an activating group) is 1. The number of carbonyl (C=O) groups excluding carboxylic acids is 2. The van der Waals surface area contributed by atoms with Gasteiger partial charge in [-0.1, -0.05) is 72.6 Å². The van der Waals surface area contributed by atoms with Crippen LogP contribution in [0.5, 0.6) is 10.9 Å². The third-order valence-corrected chi connectivity index (χ3v) is 7.64. The number of benzene rings is 2. The monoisotopic (exact) mass is 536 g/mol. The fourth-order valence-electron chi connectivity index (χ4n) is 4.60. The van der Waals surface area contributed by atoms with E-state index in [-0.39, 0.29) is 11.8 Å². The smallest absolute Gasteiger partial charge is 0.347 e. The Morgan fingerprint density at radius 2 is 1.76 bits per heavy atom. The van der Waals surface area contributed by atoms with Gasteiger partial charge in [0, 0.05) is 30.3 Å². The molecule has 1 atom stereocenters. The fourth-order valence-corrected chi connectivity index (χ4v) is 5.33. The maximum absolute atomic E-state index is 12.6. The Bertz CT molecular complexity index is 1190. The molecule has 1 fully saturated rings. The Morgan fingerprint density at radius 3 is 2.45 bits per heavy atom. The number of aryl methyl sites for hydroxylation is 1. The number of nitrogens with zero attached hydrogens (tertiary/aromatic N) is 2. The minimum Gasteiger partial charge on any atom is -0.492 e. The average Bonchev–Trinajstić information content (AvgIpc) is 3.42. The van der Waals surface area contributed by atoms with Crippen LogP contribution in [-0.2, 0) is 20.7 Å². The zero-order chi connectivity index (χ0) is 26.9. The van der Waals surface area contributed by atoms with E-state index in [0.717, 1.165) is 42.5 Å². The third-order valence-electron chi connectivity index (χ3n) is 6.91. The molecule has 0 unspecified atom stereocenters. The van der Waals surface area contributed by atoms with E-state index < -0.39 is 12.1 Å². The lowest BCUT2D eigenvalue weighted by atomic mass is 9.88. The number of methoxy groups -OCH3 is 1. The van der Waals surface area contributed by atoms with Crippen LogP contribution >= 0.6 is 11.3 Å². The van der Waals surface area contributed by atoms with Crippen molar-refractivity contribution in [1.82, 2.24) is 9.88 Å². The van der Waals surface area contributed by atoms with Gasteiger partial charge in [0.2, 0.25) is 12.0 Å². The van der Waals surface area contributed by atoms with Crippen LogP contribution in [0.3, 0.4) is 0 Å². The van der Waals surface area contributed by atoms with E-state index in [9.17, 15) is 9.59 Å². The van der Waals surface area contributed by atoms with E-state index in [2.05, 4.69) is 4.98 Å². The molecule has 0 radical (unpaired) electrons. The number of thiazole rings is 1. The highest BCUT2D eigenvalue weighted by atomic mass is 32.1. The molecule has 1 aromatic heterocycles. The number of esters is 1. The quantitative estimate of drug-likeness (QED) is 0.293. The Labute approximate surface area is 228 Å². The largest absolute Gasteiger partial charge is 0.492 e. The summed E-state index contributed by atoms with van der Waals surface area (Å²) < 4.78 is 16.8. The molecule has 38 heavy (non-hydrogen) atoms. The molecule has 0 aliphatic heterocycles. The van der Waals surface area contributed by atoms with E-state index in [4.69, 9.17) is 14.2 Å². The number of aromatic nitrogens is 1. The highest BCUT2D eigenvalue weighted by Gasteiger charge is 2.25. The molecule has 8 heteroatoms. The SMILES string of the molecule is COC(=O)[C@H](Cc1ccc(OCCN(C)C(=O)C2CCCCC2)cc1)Oc1nc(-c2ccc(C)cc2)cs1. The second kappa shape index (κ2) is 13.4. The van der Waals surface area contributed by atoms with Crippen molar-refractivity contribution in [2.24, 2.45) is 5.92 Å². The Morgan fingerprint density at radius 1 is 1.05 bits per heavy atom. The van der Waals surface area contributed by atoms with E-state index in [1.807, 2.05) is 67.9 Å². The summed E-state index contributed by atoms with van der Waals surface area (Å²) in [5.41, 5.74) is 3.89. The zero-order valence-electron chi connectivity index (χ0n) is 22.4. The van der Waals surface area contributed by atoms with Crippen LogP contribution in [0, 0.1) is 12.8 Å². The van der Waals surface area contributed by atoms with Crippen molar-refractivity contribution in [3.05, 3.63) is 65.0 Å². The zero-order valence-corrected chi connectivity index (χ0v) is 23.2. The first kappa shape index (κ1) is 27.6. The Kier molecular flexibility index (Phi) is 9.76. The molecule has 1 saturated carbocycles. The van der Waals surface area contributed by atoms with Crippen molar-refractivity contribution in [2.75, 3.05) is 27.3 Å². The fraction of sp³-hybridized carbons (Fsp3) is 0.433. The predicted molar refractivity (Wildman–Crippen MR) is 149 cm³/mol. The molecular weight excluding hydrogens is 500 g/mol. The van der Waals surface area contributed by atoms with Gasteiger partial charge in [0.15, 0.2) is 0 Å². The lowest BCUT2D eigenvalue weighted by Crippen LogP contribution is -2.36. The number of rotatable bonds is 11. The van der Waals surface area contributed by atoms with Crippen LogP contribution < -0.4 is 9.47 Å². The van der Waals surface area contributed by atoms with Crippen LogP contribution in [0.2, 0.25) is 0 Å². The maximum Gasteiger partial charge on any atom is 0.347 e. The summed E-state index contributed by atoms with van der Waals surface area (Å²) in [7, 11) is 3.20. The van der Waals surface area contributed by atoms with Crippen LogP contribution in [0.4, 0.5) is 0 Å². The topological polar surface area (TPSA) is 78.0 Å². The van der Waals surface area contributed by atoms with Crippen molar-refractivity contribution in [3.8, 4) is 22.2 Å². The molecule has 0 bridgehead atoms. The minimum absolute atomic E-state index is 0.164. The highest BCUT2D eigenvalue weighted by molar-refractivity contribution is 7.11. The van der Waals surface area contributed by atoms with Gasteiger partial charge in [-0.3, -0.25) is 4.79 Å².